The van der Waals surface area contributed by atoms with E-state index in [1.807, 2.05) is 11.8 Å². The monoisotopic (exact) mass is 284 g/mol. The Kier molecular flexibility index (Phi) is 4.19. The van der Waals surface area contributed by atoms with Gasteiger partial charge < -0.3 is 9.42 Å². The minimum atomic E-state index is 0.117. The Bertz CT molecular complexity index is 449. The van der Waals surface area contributed by atoms with Crippen molar-refractivity contribution in [3.8, 4) is 0 Å². The molecule has 0 bridgehead atoms. The largest absolute Gasteiger partial charge is 0.344 e. The van der Waals surface area contributed by atoms with Crippen LogP contribution in [0.4, 0.5) is 0 Å². The maximum absolute atomic E-state index is 12.3. The SMILES string of the molecule is Cc1noc(Cl)c1CC(=O)N1CCCC(C)(C)CC1. The molecule has 1 amide bonds. The summed E-state index contributed by atoms with van der Waals surface area (Å²) in [5, 5.41) is 4.02. The fourth-order valence-corrected chi connectivity index (χ4v) is 2.73. The van der Waals surface area contributed by atoms with Gasteiger partial charge in [-0.25, -0.2) is 0 Å². The van der Waals surface area contributed by atoms with E-state index in [9.17, 15) is 4.79 Å². The Morgan fingerprint density at radius 3 is 2.79 bits per heavy atom. The summed E-state index contributed by atoms with van der Waals surface area (Å²) in [7, 11) is 0. The summed E-state index contributed by atoms with van der Waals surface area (Å²) in [4.78, 5) is 14.3. The van der Waals surface area contributed by atoms with Crippen LogP contribution in [-0.4, -0.2) is 29.1 Å². The number of hydrogen-bond acceptors (Lipinski definition) is 3. The summed E-state index contributed by atoms with van der Waals surface area (Å²) < 4.78 is 4.89. The molecule has 2 heterocycles. The number of nitrogens with zero attached hydrogens (tertiary/aromatic N) is 2. The van der Waals surface area contributed by atoms with Gasteiger partial charge in [0.2, 0.25) is 11.1 Å². The molecular formula is C14H21ClN2O2. The Morgan fingerprint density at radius 1 is 1.42 bits per heavy atom. The number of halogens is 1. The van der Waals surface area contributed by atoms with Gasteiger partial charge in [0.1, 0.15) is 0 Å². The molecule has 1 fully saturated rings. The van der Waals surface area contributed by atoms with Gasteiger partial charge >= 0.3 is 0 Å². The van der Waals surface area contributed by atoms with Crippen LogP contribution in [0.15, 0.2) is 4.52 Å². The zero-order valence-corrected chi connectivity index (χ0v) is 12.6. The smallest absolute Gasteiger partial charge is 0.229 e. The first-order valence-electron chi connectivity index (χ1n) is 6.77. The van der Waals surface area contributed by atoms with Crippen LogP contribution >= 0.6 is 11.6 Å². The number of rotatable bonds is 2. The number of carbonyl (C=O) groups excluding carboxylic acids is 1. The van der Waals surface area contributed by atoms with E-state index in [2.05, 4.69) is 19.0 Å². The molecule has 2 rings (SSSR count). The molecule has 0 saturated carbocycles. The van der Waals surface area contributed by atoms with E-state index in [0.717, 1.165) is 31.5 Å². The number of aryl methyl sites for hydroxylation is 1. The van der Waals surface area contributed by atoms with Crippen molar-refractivity contribution in [3.63, 3.8) is 0 Å². The van der Waals surface area contributed by atoms with Crippen LogP contribution in [0.1, 0.15) is 44.4 Å². The van der Waals surface area contributed by atoms with E-state index in [1.54, 1.807) is 0 Å². The third kappa shape index (κ3) is 3.50. The molecule has 0 aliphatic carbocycles. The highest BCUT2D eigenvalue weighted by Crippen LogP contribution is 2.30. The fraction of sp³-hybridized carbons (Fsp3) is 0.714. The van der Waals surface area contributed by atoms with Gasteiger partial charge in [-0.15, -0.1) is 0 Å². The topological polar surface area (TPSA) is 46.3 Å². The summed E-state index contributed by atoms with van der Waals surface area (Å²) in [5.74, 6) is 0.117. The van der Waals surface area contributed by atoms with E-state index in [0.29, 0.717) is 11.1 Å². The van der Waals surface area contributed by atoms with Gasteiger partial charge in [0.25, 0.3) is 0 Å². The predicted molar refractivity (Wildman–Crippen MR) is 74.2 cm³/mol. The van der Waals surface area contributed by atoms with Crippen LogP contribution in [0.2, 0.25) is 5.22 Å². The quantitative estimate of drug-likeness (QED) is 0.838. The minimum absolute atomic E-state index is 0.117. The van der Waals surface area contributed by atoms with Crippen LogP contribution < -0.4 is 0 Å². The Labute approximate surface area is 119 Å². The molecular weight excluding hydrogens is 264 g/mol. The molecule has 1 aliphatic heterocycles. The van der Waals surface area contributed by atoms with Crippen molar-refractivity contribution in [3.05, 3.63) is 16.5 Å². The fourth-order valence-electron chi connectivity index (χ4n) is 2.49. The second-order valence-electron chi connectivity index (χ2n) is 6.10. The van der Waals surface area contributed by atoms with Crippen LogP contribution in [0, 0.1) is 12.3 Å². The van der Waals surface area contributed by atoms with Crippen LogP contribution in [0.5, 0.6) is 0 Å². The van der Waals surface area contributed by atoms with Crippen molar-refractivity contribution < 1.29 is 9.32 Å². The minimum Gasteiger partial charge on any atom is -0.344 e. The first-order chi connectivity index (χ1) is 8.89. The molecule has 1 aromatic rings. The second-order valence-corrected chi connectivity index (χ2v) is 6.44. The zero-order chi connectivity index (χ0) is 14.0. The highest BCUT2D eigenvalue weighted by atomic mass is 35.5. The molecule has 0 spiro atoms. The zero-order valence-electron chi connectivity index (χ0n) is 11.8. The molecule has 1 aliphatic rings. The average molecular weight is 285 g/mol. The van der Waals surface area contributed by atoms with Crippen LogP contribution in [0.3, 0.4) is 0 Å². The number of likely N-dealkylation sites (tertiary alicyclic amines) is 1. The number of aromatic nitrogens is 1. The molecule has 5 heteroatoms. The third-order valence-corrected chi connectivity index (χ3v) is 4.25. The first-order valence-corrected chi connectivity index (χ1v) is 7.15. The van der Waals surface area contributed by atoms with Crippen molar-refractivity contribution in [2.45, 2.75) is 46.5 Å². The second kappa shape index (κ2) is 5.53. The van der Waals surface area contributed by atoms with Gasteiger partial charge in [-0.1, -0.05) is 19.0 Å². The van der Waals surface area contributed by atoms with Crippen molar-refractivity contribution in [1.29, 1.82) is 0 Å². The summed E-state index contributed by atoms with van der Waals surface area (Å²) in [6.07, 6.45) is 3.57. The maximum Gasteiger partial charge on any atom is 0.229 e. The Morgan fingerprint density at radius 2 is 2.16 bits per heavy atom. The van der Waals surface area contributed by atoms with Crippen molar-refractivity contribution in [2.75, 3.05) is 13.1 Å². The number of carbonyl (C=O) groups is 1. The van der Waals surface area contributed by atoms with E-state index < -0.39 is 0 Å². The first kappa shape index (κ1) is 14.4. The van der Waals surface area contributed by atoms with E-state index in [1.165, 1.54) is 6.42 Å². The van der Waals surface area contributed by atoms with Gasteiger partial charge in [-0.2, -0.15) is 0 Å². The molecule has 4 nitrogen and oxygen atoms in total. The predicted octanol–water partition coefficient (Wildman–Crippen LogP) is 3.22. The lowest BCUT2D eigenvalue weighted by molar-refractivity contribution is -0.130. The molecule has 0 N–H and O–H groups in total. The molecule has 1 aromatic heterocycles. The molecule has 0 aromatic carbocycles. The Balaban J connectivity index is 2.01. The van der Waals surface area contributed by atoms with E-state index >= 15 is 0 Å². The van der Waals surface area contributed by atoms with Crippen LogP contribution in [0.25, 0.3) is 0 Å². The highest BCUT2D eigenvalue weighted by molar-refractivity contribution is 6.29. The number of amides is 1. The van der Waals surface area contributed by atoms with Crippen molar-refractivity contribution in [2.24, 2.45) is 5.41 Å². The molecule has 1 saturated heterocycles. The van der Waals surface area contributed by atoms with E-state index in [-0.39, 0.29) is 17.5 Å². The molecule has 0 unspecified atom stereocenters. The molecule has 0 radical (unpaired) electrons. The lowest BCUT2D eigenvalue weighted by Gasteiger charge is -2.23. The van der Waals surface area contributed by atoms with Gasteiger partial charge in [-0.3, -0.25) is 4.79 Å². The summed E-state index contributed by atoms with van der Waals surface area (Å²) >= 11 is 5.91. The number of hydrogen-bond donors (Lipinski definition) is 0. The average Bonchev–Trinajstić information content (AvgIpc) is 2.55. The van der Waals surface area contributed by atoms with Crippen molar-refractivity contribution in [1.82, 2.24) is 10.1 Å². The van der Waals surface area contributed by atoms with Gasteiger partial charge in [-0.05, 0) is 43.2 Å². The standard InChI is InChI=1S/C14H21ClN2O2/c1-10-11(13(15)19-16-10)9-12(18)17-7-4-5-14(2,3)6-8-17/h4-9H2,1-3H3. The highest BCUT2D eigenvalue weighted by Gasteiger charge is 2.26. The lowest BCUT2D eigenvalue weighted by Crippen LogP contribution is -2.33. The third-order valence-electron chi connectivity index (χ3n) is 3.96. The van der Waals surface area contributed by atoms with Gasteiger partial charge in [0.15, 0.2) is 0 Å². The summed E-state index contributed by atoms with van der Waals surface area (Å²) in [6, 6.07) is 0. The Hall–Kier alpha value is -1.03. The molecule has 106 valence electrons. The van der Waals surface area contributed by atoms with E-state index in [4.69, 9.17) is 16.1 Å². The van der Waals surface area contributed by atoms with Crippen molar-refractivity contribution >= 4 is 17.5 Å². The molecule has 19 heavy (non-hydrogen) atoms. The van der Waals surface area contributed by atoms with Gasteiger partial charge in [0, 0.05) is 18.7 Å². The maximum atomic E-state index is 12.3. The lowest BCUT2D eigenvalue weighted by atomic mass is 9.85. The normalized spacial score (nSPS) is 19.3. The van der Waals surface area contributed by atoms with Gasteiger partial charge in [0.05, 0.1) is 12.1 Å². The molecule has 0 atom stereocenters. The van der Waals surface area contributed by atoms with Crippen LogP contribution in [-0.2, 0) is 11.2 Å². The summed E-state index contributed by atoms with van der Waals surface area (Å²) in [6.45, 7) is 8.01. The summed E-state index contributed by atoms with van der Waals surface area (Å²) in [5.41, 5.74) is 1.75.